The Hall–Kier alpha value is -3.38. The maximum absolute atomic E-state index is 14.8. The lowest BCUT2D eigenvalue weighted by Gasteiger charge is -2.30. The zero-order valence-corrected chi connectivity index (χ0v) is 20.8. The lowest BCUT2D eigenvalue weighted by Crippen LogP contribution is -2.16. The topological polar surface area (TPSA) is 76.0 Å². The van der Waals surface area contributed by atoms with Crippen molar-refractivity contribution in [3.8, 4) is 22.6 Å². The molecule has 0 spiro atoms. The molecule has 0 unspecified atom stereocenters. The lowest BCUT2D eigenvalue weighted by atomic mass is 9.75. The number of aliphatic hydroxyl groups excluding tert-OH is 1. The van der Waals surface area contributed by atoms with Crippen LogP contribution in [0.4, 0.5) is 4.39 Å². The number of hydrogen-bond donors (Lipinski definition) is 2. The van der Waals surface area contributed by atoms with E-state index in [-0.39, 0.29) is 30.2 Å². The maximum Gasteiger partial charge on any atom is 0.306 e. The quantitative estimate of drug-likeness (QED) is 0.355. The van der Waals surface area contributed by atoms with E-state index in [9.17, 15) is 14.3 Å². The molecule has 0 aliphatic heterocycles. The molecule has 6 heteroatoms. The monoisotopic (exact) mass is 480 g/mol. The molecule has 0 saturated carbocycles. The van der Waals surface area contributed by atoms with Gasteiger partial charge >= 0.3 is 5.97 Å². The van der Waals surface area contributed by atoms with Gasteiger partial charge in [-0.25, -0.2) is 4.39 Å². The van der Waals surface area contributed by atoms with Crippen molar-refractivity contribution < 1.29 is 28.9 Å². The fourth-order valence-corrected chi connectivity index (χ4v) is 3.87. The Morgan fingerprint density at radius 3 is 2.40 bits per heavy atom. The van der Waals surface area contributed by atoms with Gasteiger partial charge in [-0.2, -0.15) is 0 Å². The average Bonchev–Trinajstić information content (AvgIpc) is 2.81. The van der Waals surface area contributed by atoms with E-state index in [1.807, 2.05) is 18.2 Å². The van der Waals surface area contributed by atoms with Gasteiger partial charge in [-0.3, -0.25) is 4.79 Å². The lowest BCUT2D eigenvalue weighted by molar-refractivity contribution is -0.139. The first kappa shape index (κ1) is 26.2. The fourth-order valence-electron chi connectivity index (χ4n) is 3.87. The van der Waals surface area contributed by atoms with E-state index in [2.05, 4.69) is 27.7 Å². The summed E-state index contributed by atoms with van der Waals surface area (Å²) in [5.74, 6) is -0.142. The van der Waals surface area contributed by atoms with Crippen LogP contribution in [0.3, 0.4) is 0 Å². The Labute approximate surface area is 206 Å². The molecule has 0 saturated heterocycles. The Bertz CT molecular complexity index is 1180. The molecule has 35 heavy (non-hydrogen) atoms. The molecule has 2 atom stereocenters. The number of methoxy groups -OCH3 is 1. The van der Waals surface area contributed by atoms with Crippen molar-refractivity contribution in [3.05, 3.63) is 83.2 Å². The van der Waals surface area contributed by atoms with Crippen LogP contribution < -0.4 is 9.47 Å². The van der Waals surface area contributed by atoms with Gasteiger partial charge in [0.1, 0.15) is 23.9 Å². The Morgan fingerprint density at radius 1 is 1.00 bits per heavy atom. The minimum absolute atomic E-state index is 0.0574. The predicted molar refractivity (Wildman–Crippen MR) is 134 cm³/mol. The molecule has 0 bridgehead atoms. The predicted octanol–water partition coefficient (Wildman–Crippen LogP) is 6.74. The van der Waals surface area contributed by atoms with Gasteiger partial charge in [0.25, 0.3) is 0 Å². The minimum atomic E-state index is -1.10. The fraction of sp³-hybridized carbons (Fsp3) is 0.345. The molecule has 2 N–H and O–H groups in total. The summed E-state index contributed by atoms with van der Waals surface area (Å²) >= 11 is 0. The normalized spacial score (nSPS) is 13.2. The zero-order valence-electron chi connectivity index (χ0n) is 20.8. The van der Waals surface area contributed by atoms with Crippen LogP contribution in [-0.2, 0) is 11.4 Å². The van der Waals surface area contributed by atoms with E-state index in [1.54, 1.807) is 43.5 Å². The molecule has 0 aromatic heterocycles. The second-order valence-electron chi connectivity index (χ2n) is 9.83. The largest absolute Gasteiger partial charge is 0.497 e. The molecule has 0 fully saturated rings. The molecular weight excluding hydrogens is 447 g/mol. The van der Waals surface area contributed by atoms with Crippen molar-refractivity contribution in [1.29, 1.82) is 0 Å². The summed E-state index contributed by atoms with van der Waals surface area (Å²) in [5, 5.41) is 19.0. The van der Waals surface area contributed by atoms with Gasteiger partial charge in [0.05, 0.1) is 19.6 Å². The SMILES string of the molecule is COc1ccc(F)c(-c2ccc(COc3cccc([C@H](O)CC(=O)O)c3)cc2[C@@H](C)C(C)(C)C)c1. The van der Waals surface area contributed by atoms with Crippen LogP contribution in [0.2, 0.25) is 0 Å². The molecule has 0 amide bonds. The minimum Gasteiger partial charge on any atom is -0.497 e. The van der Waals surface area contributed by atoms with E-state index in [0.717, 1.165) is 16.7 Å². The van der Waals surface area contributed by atoms with Crippen LogP contribution in [-0.4, -0.2) is 23.3 Å². The molecule has 3 aromatic carbocycles. The van der Waals surface area contributed by atoms with Crippen molar-refractivity contribution in [2.45, 2.75) is 52.7 Å². The summed E-state index contributed by atoms with van der Waals surface area (Å²) < 4.78 is 26.1. The van der Waals surface area contributed by atoms with Gasteiger partial charge in [-0.05, 0) is 63.9 Å². The maximum atomic E-state index is 14.8. The number of carbonyl (C=O) groups is 1. The number of halogens is 1. The first-order chi connectivity index (χ1) is 16.5. The van der Waals surface area contributed by atoms with E-state index in [0.29, 0.717) is 22.6 Å². The molecule has 5 nitrogen and oxygen atoms in total. The standard InChI is InChI=1S/C29H33FO5/c1-18(29(2,3)4)24-13-19(9-11-23(24)25-15-21(34-5)10-12-26(25)30)17-35-22-8-6-7-20(14-22)27(31)16-28(32)33/h6-15,18,27,31H,16-17H2,1-5H3,(H,32,33)/t18-,27-/m1/s1. The van der Waals surface area contributed by atoms with E-state index >= 15 is 0 Å². The highest BCUT2D eigenvalue weighted by Crippen LogP contribution is 2.41. The number of carboxylic acid groups (broad SMARTS) is 1. The van der Waals surface area contributed by atoms with Gasteiger partial charge in [0, 0.05) is 5.56 Å². The number of benzene rings is 3. The first-order valence-corrected chi connectivity index (χ1v) is 11.6. The Morgan fingerprint density at radius 2 is 1.74 bits per heavy atom. The van der Waals surface area contributed by atoms with Crippen LogP contribution in [0, 0.1) is 11.2 Å². The molecule has 0 radical (unpaired) electrons. The Balaban J connectivity index is 1.92. The van der Waals surface area contributed by atoms with Crippen LogP contribution in [0.15, 0.2) is 60.7 Å². The third kappa shape index (κ3) is 6.61. The van der Waals surface area contributed by atoms with Crippen LogP contribution in [0.1, 0.15) is 62.8 Å². The van der Waals surface area contributed by atoms with Gasteiger partial charge in [-0.1, -0.05) is 58.0 Å². The summed E-state index contributed by atoms with van der Waals surface area (Å²) in [6.45, 7) is 8.86. The smallest absolute Gasteiger partial charge is 0.306 e. The number of ether oxygens (including phenoxy) is 2. The Kier molecular flexibility index (Phi) is 8.18. The van der Waals surface area contributed by atoms with E-state index < -0.39 is 12.1 Å². The number of hydrogen-bond acceptors (Lipinski definition) is 4. The molecule has 3 rings (SSSR count). The number of rotatable bonds is 9. The van der Waals surface area contributed by atoms with Crippen molar-refractivity contribution >= 4 is 5.97 Å². The number of aliphatic carboxylic acids is 1. The van der Waals surface area contributed by atoms with Gasteiger partial charge in [0.15, 0.2) is 0 Å². The summed E-state index contributed by atoms with van der Waals surface area (Å²) in [7, 11) is 1.56. The summed E-state index contributed by atoms with van der Waals surface area (Å²) in [4.78, 5) is 10.9. The molecule has 0 aliphatic rings. The van der Waals surface area contributed by atoms with Crippen molar-refractivity contribution in [2.24, 2.45) is 5.41 Å². The highest BCUT2D eigenvalue weighted by molar-refractivity contribution is 5.71. The molecule has 186 valence electrons. The van der Waals surface area contributed by atoms with Gasteiger partial charge in [-0.15, -0.1) is 0 Å². The summed E-state index contributed by atoms with van der Waals surface area (Å²) in [6.07, 6.45) is -1.48. The third-order valence-electron chi connectivity index (χ3n) is 6.36. The average molecular weight is 481 g/mol. The van der Waals surface area contributed by atoms with Crippen molar-refractivity contribution in [1.82, 2.24) is 0 Å². The molecule has 0 aliphatic carbocycles. The van der Waals surface area contributed by atoms with Crippen LogP contribution in [0.25, 0.3) is 11.1 Å². The number of carboxylic acids is 1. The summed E-state index contributed by atoms with van der Waals surface area (Å²) in [6, 6.07) is 17.4. The van der Waals surface area contributed by atoms with E-state index in [4.69, 9.17) is 14.6 Å². The third-order valence-corrected chi connectivity index (χ3v) is 6.36. The van der Waals surface area contributed by atoms with Crippen molar-refractivity contribution in [3.63, 3.8) is 0 Å². The first-order valence-electron chi connectivity index (χ1n) is 11.6. The highest BCUT2D eigenvalue weighted by Gasteiger charge is 2.26. The van der Waals surface area contributed by atoms with E-state index in [1.165, 1.54) is 6.07 Å². The second-order valence-corrected chi connectivity index (χ2v) is 9.83. The highest BCUT2D eigenvalue weighted by atomic mass is 19.1. The van der Waals surface area contributed by atoms with Crippen molar-refractivity contribution in [2.75, 3.05) is 7.11 Å². The molecule has 0 heterocycles. The van der Waals surface area contributed by atoms with Gasteiger partial charge < -0.3 is 19.7 Å². The van der Waals surface area contributed by atoms with Crippen LogP contribution >= 0.6 is 0 Å². The second kappa shape index (κ2) is 10.9. The van der Waals surface area contributed by atoms with Crippen LogP contribution in [0.5, 0.6) is 11.5 Å². The zero-order chi connectivity index (χ0) is 25.8. The number of aliphatic hydroxyl groups is 1. The molecule has 3 aromatic rings. The summed E-state index contributed by atoms with van der Waals surface area (Å²) in [5.41, 5.74) is 3.65. The van der Waals surface area contributed by atoms with Gasteiger partial charge in [0.2, 0.25) is 0 Å². The molecular formula is C29H33FO5.